The van der Waals surface area contributed by atoms with Crippen LogP contribution in [0.1, 0.15) is 6.42 Å². The minimum Gasteiger partial charge on any atom is -0.379 e. The van der Waals surface area contributed by atoms with Gasteiger partial charge in [0.05, 0.1) is 18.9 Å². The Bertz CT molecular complexity index is 544. The summed E-state index contributed by atoms with van der Waals surface area (Å²) < 4.78 is 46.4. The molecule has 1 aromatic rings. The lowest BCUT2D eigenvalue weighted by atomic mass is 10.3. The van der Waals surface area contributed by atoms with Crippen LogP contribution in [0.3, 0.4) is 0 Å². The quantitative estimate of drug-likeness (QED) is 0.832. The summed E-state index contributed by atoms with van der Waals surface area (Å²) in [4.78, 5) is 0. The smallest absolute Gasteiger partial charge is 0.304 e. The second-order valence-corrected chi connectivity index (χ2v) is 6.56. The minimum atomic E-state index is -3.65. The highest BCUT2D eigenvalue weighted by Gasteiger charge is 2.30. The second kappa shape index (κ2) is 7.17. The Kier molecular flexibility index (Phi) is 5.51. The Balaban J connectivity index is 2.27. The lowest BCUT2D eigenvalue weighted by Crippen LogP contribution is -2.49. The number of morpholine rings is 1. The number of nitrogens with zero attached hydrogens (tertiary/aromatic N) is 2. The lowest BCUT2D eigenvalue weighted by Gasteiger charge is -2.33. The third-order valence-electron chi connectivity index (χ3n) is 3.25. The molecular weight excluding hydrogens is 297 g/mol. The van der Waals surface area contributed by atoms with Gasteiger partial charge < -0.3 is 10.5 Å². The molecule has 2 N–H and O–H groups in total. The summed E-state index contributed by atoms with van der Waals surface area (Å²) in [6.07, 6.45) is 0.529. The van der Waals surface area contributed by atoms with Gasteiger partial charge in [-0.3, -0.25) is 4.31 Å². The van der Waals surface area contributed by atoms with Crippen molar-refractivity contribution in [3.05, 3.63) is 30.1 Å². The van der Waals surface area contributed by atoms with Gasteiger partial charge in [-0.25, -0.2) is 4.39 Å². The molecule has 1 aromatic carbocycles. The number of hydrogen-bond acceptors (Lipinski definition) is 4. The molecule has 8 heteroatoms. The van der Waals surface area contributed by atoms with Gasteiger partial charge in [0.1, 0.15) is 5.82 Å². The van der Waals surface area contributed by atoms with Gasteiger partial charge in [0.15, 0.2) is 0 Å². The minimum absolute atomic E-state index is 0.266. The van der Waals surface area contributed by atoms with Crippen LogP contribution < -0.4 is 10.0 Å². The van der Waals surface area contributed by atoms with Gasteiger partial charge in [-0.2, -0.15) is 12.7 Å². The first-order valence-corrected chi connectivity index (χ1v) is 8.26. The van der Waals surface area contributed by atoms with Crippen LogP contribution >= 0.6 is 0 Å². The molecule has 21 heavy (non-hydrogen) atoms. The molecule has 0 aliphatic carbocycles. The largest absolute Gasteiger partial charge is 0.379 e. The maximum Gasteiger partial charge on any atom is 0.304 e. The molecule has 0 saturated carbocycles. The molecule has 0 unspecified atom stereocenters. The van der Waals surface area contributed by atoms with Crippen molar-refractivity contribution >= 4 is 15.9 Å². The van der Waals surface area contributed by atoms with Crippen LogP contribution in [0.15, 0.2) is 24.3 Å². The van der Waals surface area contributed by atoms with Crippen LogP contribution in [0.5, 0.6) is 0 Å². The molecule has 1 aliphatic heterocycles. The number of nitrogens with two attached hydrogens (primary N) is 1. The summed E-state index contributed by atoms with van der Waals surface area (Å²) in [6.45, 7) is 2.06. The van der Waals surface area contributed by atoms with E-state index >= 15 is 0 Å². The van der Waals surface area contributed by atoms with Crippen molar-refractivity contribution in [3.63, 3.8) is 0 Å². The maximum atomic E-state index is 13.0. The molecule has 118 valence electrons. The Morgan fingerprint density at radius 2 is 1.86 bits per heavy atom. The van der Waals surface area contributed by atoms with E-state index in [4.69, 9.17) is 10.5 Å². The van der Waals surface area contributed by atoms with Gasteiger partial charge in [0.25, 0.3) is 0 Å². The highest BCUT2D eigenvalue weighted by molar-refractivity contribution is 7.90. The molecule has 6 nitrogen and oxygen atoms in total. The number of rotatable bonds is 6. The molecule has 0 amide bonds. The van der Waals surface area contributed by atoms with E-state index < -0.39 is 16.0 Å². The van der Waals surface area contributed by atoms with Crippen LogP contribution in [0.4, 0.5) is 10.1 Å². The molecule has 1 heterocycles. The number of anilines is 1. The molecule has 0 bridgehead atoms. The highest BCUT2D eigenvalue weighted by atomic mass is 32.2. The normalized spacial score (nSPS) is 16.9. The first kappa shape index (κ1) is 16.2. The molecule has 1 aliphatic rings. The summed E-state index contributed by atoms with van der Waals surface area (Å²) in [5, 5.41) is 0. The zero-order valence-electron chi connectivity index (χ0n) is 11.7. The van der Waals surface area contributed by atoms with Crippen LogP contribution in [-0.2, 0) is 14.9 Å². The van der Waals surface area contributed by atoms with Gasteiger partial charge in [0.2, 0.25) is 0 Å². The Hall–Kier alpha value is -1.22. The fraction of sp³-hybridized carbons (Fsp3) is 0.538. The van der Waals surface area contributed by atoms with E-state index in [0.717, 1.165) is 0 Å². The van der Waals surface area contributed by atoms with Crippen molar-refractivity contribution in [1.82, 2.24) is 4.31 Å². The summed E-state index contributed by atoms with van der Waals surface area (Å²) in [7, 11) is -3.65. The standard InChI is InChI=1S/C13H20FN3O3S/c14-12-2-4-13(5-3-12)17(7-1-6-15)21(18,19)16-8-10-20-11-9-16/h2-5H,1,6-11,15H2. The fourth-order valence-corrected chi connectivity index (χ4v) is 3.77. The van der Waals surface area contributed by atoms with Crippen molar-refractivity contribution < 1.29 is 17.5 Å². The van der Waals surface area contributed by atoms with Crippen molar-refractivity contribution in [2.24, 2.45) is 5.73 Å². The van der Waals surface area contributed by atoms with E-state index in [2.05, 4.69) is 0 Å². The van der Waals surface area contributed by atoms with Gasteiger partial charge in [0, 0.05) is 19.6 Å². The van der Waals surface area contributed by atoms with Crippen molar-refractivity contribution in [1.29, 1.82) is 0 Å². The van der Waals surface area contributed by atoms with Crippen LogP contribution in [0.25, 0.3) is 0 Å². The van der Waals surface area contributed by atoms with E-state index in [-0.39, 0.29) is 6.54 Å². The average molecular weight is 317 g/mol. The number of benzene rings is 1. The average Bonchev–Trinajstić information content (AvgIpc) is 2.50. The predicted molar refractivity (Wildman–Crippen MR) is 78.7 cm³/mol. The van der Waals surface area contributed by atoms with Gasteiger partial charge >= 0.3 is 10.2 Å². The third-order valence-corrected chi connectivity index (χ3v) is 5.22. The second-order valence-electron chi connectivity index (χ2n) is 4.71. The zero-order chi connectivity index (χ0) is 15.3. The number of halogens is 1. The molecule has 1 fully saturated rings. The number of hydrogen-bond donors (Lipinski definition) is 1. The topological polar surface area (TPSA) is 75.9 Å². The van der Waals surface area contributed by atoms with Crippen molar-refractivity contribution in [2.45, 2.75) is 6.42 Å². The lowest BCUT2D eigenvalue weighted by molar-refractivity contribution is 0.0729. The highest BCUT2D eigenvalue weighted by Crippen LogP contribution is 2.22. The summed E-state index contributed by atoms with van der Waals surface area (Å²) in [5.41, 5.74) is 5.93. The molecule has 1 saturated heterocycles. The Morgan fingerprint density at radius 1 is 1.24 bits per heavy atom. The van der Waals surface area contributed by atoms with Crippen molar-refractivity contribution in [3.8, 4) is 0 Å². The molecule has 2 rings (SSSR count). The maximum absolute atomic E-state index is 13.0. The summed E-state index contributed by atoms with van der Waals surface area (Å²) in [6, 6.07) is 5.42. The number of ether oxygens (including phenoxy) is 1. The fourth-order valence-electron chi connectivity index (χ4n) is 2.14. The van der Waals surface area contributed by atoms with E-state index in [9.17, 15) is 12.8 Å². The van der Waals surface area contributed by atoms with E-state index in [1.165, 1.54) is 32.9 Å². The van der Waals surface area contributed by atoms with E-state index in [1.807, 2.05) is 0 Å². The Morgan fingerprint density at radius 3 is 2.43 bits per heavy atom. The van der Waals surface area contributed by atoms with Gasteiger partial charge in [-0.1, -0.05) is 0 Å². The zero-order valence-corrected chi connectivity index (χ0v) is 12.6. The molecular formula is C13H20FN3O3S. The molecule has 0 spiro atoms. The van der Waals surface area contributed by atoms with Crippen LogP contribution in [0.2, 0.25) is 0 Å². The predicted octanol–water partition coefficient (Wildman–Crippen LogP) is 0.558. The van der Waals surface area contributed by atoms with E-state index in [1.54, 1.807) is 0 Å². The monoisotopic (exact) mass is 317 g/mol. The molecule has 0 radical (unpaired) electrons. The van der Waals surface area contributed by atoms with Crippen LogP contribution in [-0.4, -0.2) is 52.1 Å². The van der Waals surface area contributed by atoms with E-state index in [0.29, 0.717) is 45.0 Å². The van der Waals surface area contributed by atoms with Gasteiger partial charge in [-0.15, -0.1) is 0 Å². The Labute approximate surface area is 124 Å². The summed E-state index contributed by atoms with van der Waals surface area (Å²) in [5.74, 6) is -0.402. The first-order valence-electron chi connectivity index (χ1n) is 6.87. The van der Waals surface area contributed by atoms with Crippen LogP contribution in [0, 0.1) is 5.82 Å². The SMILES string of the molecule is NCCCN(c1ccc(F)cc1)S(=O)(=O)N1CCOCC1. The third kappa shape index (κ3) is 3.91. The molecule has 0 atom stereocenters. The van der Waals surface area contributed by atoms with Crippen molar-refractivity contribution in [2.75, 3.05) is 43.7 Å². The van der Waals surface area contributed by atoms with Gasteiger partial charge in [-0.05, 0) is 37.2 Å². The molecule has 0 aromatic heterocycles. The summed E-state index contributed by atoms with van der Waals surface area (Å²) >= 11 is 0. The first-order chi connectivity index (χ1) is 10.1.